The first-order chi connectivity index (χ1) is 12.1. The second-order valence-electron chi connectivity index (χ2n) is 9.03. The van der Waals surface area contributed by atoms with E-state index in [1.54, 1.807) is 0 Å². The lowest BCUT2D eigenvalue weighted by Crippen LogP contribution is -2.23. The van der Waals surface area contributed by atoms with E-state index < -0.39 is 0 Å². The molecule has 0 bridgehead atoms. The van der Waals surface area contributed by atoms with Gasteiger partial charge in [-0.05, 0) is 58.9 Å². The van der Waals surface area contributed by atoms with Gasteiger partial charge in [-0.1, -0.05) is 83.2 Å². The van der Waals surface area contributed by atoms with E-state index in [1.165, 1.54) is 33.4 Å². The van der Waals surface area contributed by atoms with Gasteiger partial charge in [0.05, 0.1) is 0 Å². The summed E-state index contributed by atoms with van der Waals surface area (Å²) in [5.74, 6) is 0. The Bertz CT molecular complexity index is 876. The molecule has 1 aliphatic rings. The third-order valence-corrected chi connectivity index (χ3v) is 5.59. The fourth-order valence-electron chi connectivity index (χ4n) is 3.67. The number of hydrogen-bond donors (Lipinski definition) is 1. The van der Waals surface area contributed by atoms with E-state index in [-0.39, 0.29) is 10.8 Å². The van der Waals surface area contributed by atoms with E-state index in [4.69, 9.17) is 0 Å². The number of anilines is 1. The highest BCUT2D eigenvalue weighted by molar-refractivity contribution is 5.78. The second kappa shape index (κ2) is 6.46. The molecule has 0 aliphatic carbocycles. The highest BCUT2D eigenvalue weighted by Crippen LogP contribution is 2.43. The molecule has 0 spiro atoms. The third kappa shape index (κ3) is 3.35. The van der Waals surface area contributed by atoms with E-state index in [1.807, 2.05) is 0 Å². The number of nitrogens with one attached hydrogen (secondary N) is 1. The van der Waals surface area contributed by atoms with Crippen LogP contribution in [0.4, 0.5) is 5.69 Å². The van der Waals surface area contributed by atoms with Gasteiger partial charge in [0.15, 0.2) is 0 Å². The van der Waals surface area contributed by atoms with Crippen molar-refractivity contribution in [3.63, 3.8) is 0 Å². The summed E-state index contributed by atoms with van der Waals surface area (Å²) in [6.07, 6.45) is 5.19. The first-order valence-electron chi connectivity index (χ1n) is 9.46. The molecule has 1 heteroatoms. The quantitative estimate of drug-likeness (QED) is 0.556. The zero-order valence-corrected chi connectivity index (χ0v) is 17.0. The molecule has 0 aromatic heterocycles. The number of rotatable bonds is 0. The fourth-order valence-corrected chi connectivity index (χ4v) is 3.67. The van der Waals surface area contributed by atoms with Gasteiger partial charge in [-0.15, -0.1) is 0 Å². The molecule has 3 rings (SSSR count). The van der Waals surface area contributed by atoms with Crippen LogP contribution in [0.5, 0.6) is 0 Å². The van der Waals surface area contributed by atoms with Crippen LogP contribution in [0.25, 0.3) is 5.57 Å². The van der Waals surface area contributed by atoms with Crippen molar-refractivity contribution >= 4 is 11.3 Å². The van der Waals surface area contributed by atoms with Gasteiger partial charge in [0.1, 0.15) is 0 Å². The Morgan fingerprint density at radius 3 is 2.46 bits per heavy atom. The summed E-state index contributed by atoms with van der Waals surface area (Å²) >= 11 is 0. The van der Waals surface area contributed by atoms with Gasteiger partial charge in [-0.2, -0.15) is 0 Å². The zero-order chi connectivity index (χ0) is 19.1. The van der Waals surface area contributed by atoms with Crippen LogP contribution in [0.3, 0.4) is 0 Å². The molecule has 0 radical (unpaired) electrons. The van der Waals surface area contributed by atoms with Crippen molar-refractivity contribution in [1.82, 2.24) is 0 Å². The molecular formula is C25H31N. The molecule has 1 heterocycles. The molecule has 1 N–H and O–H groups in total. The Hall–Kier alpha value is -2.28. The van der Waals surface area contributed by atoms with Gasteiger partial charge < -0.3 is 5.32 Å². The first-order valence-corrected chi connectivity index (χ1v) is 9.46. The van der Waals surface area contributed by atoms with Crippen LogP contribution in [0, 0.1) is 6.92 Å². The molecule has 0 atom stereocenters. The Balaban J connectivity index is 2.22. The number of fused-ring (bicyclic) bond motifs is 2. The van der Waals surface area contributed by atoms with E-state index in [0.29, 0.717) is 0 Å². The van der Waals surface area contributed by atoms with Gasteiger partial charge >= 0.3 is 0 Å². The van der Waals surface area contributed by atoms with Gasteiger partial charge in [-0.3, -0.25) is 0 Å². The summed E-state index contributed by atoms with van der Waals surface area (Å²) in [4.78, 5) is 0. The molecular weight excluding hydrogens is 314 g/mol. The zero-order valence-electron chi connectivity index (χ0n) is 17.0. The van der Waals surface area contributed by atoms with E-state index in [0.717, 1.165) is 12.1 Å². The lowest BCUT2D eigenvalue weighted by molar-refractivity contribution is 0.586. The van der Waals surface area contributed by atoms with Crippen molar-refractivity contribution in [2.75, 3.05) is 5.32 Å². The fraction of sp³-hybridized carbons (Fsp3) is 0.360. The Morgan fingerprint density at radius 1 is 1.04 bits per heavy atom. The maximum Gasteiger partial charge on any atom is 0.0421 e. The number of allylic oxidation sites excluding steroid dienone is 2. The largest absolute Gasteiger partial charge is 0.362 e. The SMILES string of the molecule is C=C1c2ccc(C)cc2C/C=C\Nc2ccc(C(C)(C)C)cc2C1(C)C. The summed E-state index contributed by atoms with van der Waals surface area (Å²) < 4.78 is 0. The number of aryl methyl sites for hydroxylation is 1. The van der Waals surface area contributed by atoms with Crippen molar-refractivity contribution < 1.29 is 0 Å². The molecule has 0 fully saturated rings. The van der Waals surface area contributed by atoms with Crippen LogP contribution < -0.4 is 5.32 Å². The maximum atomic E-state index is 4.55. The van der Waals surface area contributed by atoms with Crippen molar-refractivity contribution in [1.29, 1.82) is 0 Å². The highest BCUT2D eigenvalue weighted by atomic mass is 14.8. The Kier molecular flexibility index (Phi) is 4.60. The monoisotopic (exact) mass is 345 g/mol. The standard InChI is InChI=1S/C25H31N/c1-17-10-12-21-18(2)25(6,7)22-16-20(24(3,4)5)11-13-23(22)26-14-8-9-19(21)15-17/h8,10-16,26H,2,9H2,1,3-7H3/b14-8-. The maximum absolute atomic E-state index is 4.55. The molecule has 136 valence electrons. The van der Waals surface area contributed by atoms with E-state index >= 15 is 0 Å². The summed E-state index contributed by atoms with van der Waals surface area (Å²) in [7, 11) is 0. The van der Waals surface area contributed by atoms with Crippen LogP contribution in [-0.2, 0) is 17.3 Å². The van der Waals surface area contributed by atoms with Gasteiger partial charge in [-0.25, -0.2) is 0 Å². The lowest BCUT2D eigenvalue weighted by atomic mass is 9.72. The minimum atomic E-state index is -0.168. The number of benzene rings is 2. The minimum Gasteiger partial charge on any atom is -0.362 e. The minimum absolute atomic E-state index is 0.118. The van der Waals surface area contributed by atoms with Crippen LogP contribution in [0.1, 0.15) is 62.4 Å². The molecule has 0 saturated carbocycles. The molecule has 0 saturated heterocycles. The molecule has 2 aromatic rings. The van der Waals surface area contributed by atoms with Crippen molar-refractivity contribution in [2.24, 2.45) is 0 Å². The number of hydrogen-bond acceptors (Lipinski definition) is 1. The van der Waals surface area contributed by atoms with E-state index in [2.05, 4.69) is 102 Å². The molecule has 1 nitrogen and oxygen atoms in total. The molecule has 0 amide bonds. The predicted molar refractivity (Wildman–Crippen MR) is 115 cm³/mol. The van der Waals surface area contributed by atoms with Crippen molar-refractivity contribution in [2.45, 2.75) is 58.8 Å². The normalized spacial score (nSPS) is 17.7. The molecule has 1 aliphatic heterocycles. The highest BCUT2D eigenvalue weighted by Gasteiger charge is 2.30. The predicted octanol–water partition coefficient (Wildman–Crippen LogP) is 6.77. The third-order valence-electron chi connectivity index (χ3n) is 5.59. The van der Waals surface area contributed by atoms with E-state index in [9.17, 15) is 0 Å². The van der Waals surface area contributed by atoms with Crippen molar-refractivity contribution in [3.8, 4) is 0 Å². The van der Waals surface area contributed by atoms with Crippen molar-refractivity contribution in [3.05, 3.63) is 83.1 Å². The van der Waals surface area contributed by atoms with Gasteiger partial charge in [0, 0.05) is 11.1 Å². The summed E-state index contributed by atoms with van der Waals surface area (Å²) in [5, 5.41) is 3.51. The van der Waals surface area contributed by atoms with Crippen LogP contribution in [-0.4, -0.2) is 0 Å². The molecule has 2 aromatic carbocycles. The summed E-state index contributed by atoms with van der Waals surface area (Å²) in [6, 6.07) is 13.5. The van der Waals surface area contributed by atoms with Gasteiger partial charge in [0.2, 0.25) is 0 Å². The summed E-state index contributed by atoms with van der Waals surface area (Å²) in [5.41, 5.74) is 8.86. The average molecular weight is 346 g/mol. The topological polar surface area (TPSA) is 12.0 Å². The summed E-state index contributed by atoms with van der Waals surface area (Å²) in [6.45, 7) is 18.1. The smallest absolute Gasteiger partial charge is 0.0421 e. The van der Waals surface area contributed by atoms with Gasteiger partial charge in [0.25, 0.3) is 0 Å². The molecule has 0 unspecified atom stereocenters. The van der Waals surface area contributed by atoms with Crippen LogP contribution >= 0.6 is 0 Å². The lowest BCUT2D eigenvalue weighted by Gasteiger charge is -2.33. The average Bonchev–Trinajstić information content (AvgIpc) is 2.56. The van der Waals surface area contributed by atoms with Crippen LogP contribution in [0.2, 0.25) is 0 Å². The second-order valence-corrected chi connectivity index (χ2v) is 9.03. The van der Waals surface area contributed by atoms with Crippen LogP contribution in [0.15, 0.2) is 55.3 Å². The Labute approximate surface area is 158 Å². The Morgan fingerprint density at radius 2 is 1.77 bits per heavy atom. The molecule has 26 heavy (non-hydrogen) atoms. The first kappa shape index (κ1) is 18.5.